The average Bonchev–Trinajstić information content (AvgIpc) is 3.35. The second kappa shape index (κ2) is 10.9. The number of benzene rings is 2. The minimum absolute atomic E-state index is 0.0234. The number of furan rings is 1. The summed E-state index contributed by atoms with van der Waals surface area (Å²) in [5, 5.41) is 17.2. The number of nitrogens with zero attached hydrogens (tertiary/aromatic N) is 3. The number of carbonyl (C=O) groups excluding carboxylic acids is 1. The van der Waals surface area contributed by atoms with E-state index >= 15 is 0 Å². The monoisotopic (exact) mass is 513 g/mol. The van der Waals surface area contributed by atoms with Gasteiger partial charge in [-0.15, -0.1) is 0 Å². The zero-order valence-corrected chi connectivity index (χ0v) is 20.6. The fourth-order valence-corrected chi connectivity index (χ4v) is 4.37. The number of amides is 1. The molecule has 3 aromatic rings. The summed E-state index contributed by atoms with van der Waals surface area (Å²) in [5.74, 6) is -0.189. The van der Waals surface area contributed by atoms with Gasteiger partial charge in [0.25, 0.3) is 11.6 Å². The summed E-state index contributed by atoms with van der Waals surface area (Å²) in [6.45, 7) is 7.03. The molecular weight excluding hydrogens is 490 g/mol. The highest BCUT2D eigenvalue weighted by Gasteiger charge is 2.19. The number of rotatable bonds is 6. The van der Waals surface area contributed by atoms with Gasteiger partial charge >= 0.3 is 0 Å². The normalized spacial score (nSPS) is 13.9. The van der Waals surface area contributed by atoms with Crippen LogP contribution in [-0.4, -0.2) is 53.6 Å². The number of halogens is 1. The summed E-state index contributed by atoms with van der Waals surface area (Å²) < 4.78 is 5.58. The van der Waals surface area contributed by atoms with Gasteiger partial charge in [0.15, 0.2) is 10.9 Å². The van der Waals surface area contributed by atoms with Gasteiger partial charge in [0.2, 0.25) is 0 Å². The summed E-state index contributed by atoms with van der Waals surface area (Å²) in [4.78, 5) is 27.7. The number of hydrogen-bond acceptors (Lipinski definition) is 7. The van der Waals surface area contributed by atoms with Crippen LogP contribution in [0, 0.1) is 10.1 Å². The molecule has 0 spiro atoms. The molecule has 1 aromatic heterocycles. The molecule has 2 N–H and O–H groups in total. The lowest BCUT2D eigenvalue weighted by molar-refractivity contribution is -0.384. The molecule has 182 valence electrons. The summed E-state index contributed by atoms with van der Waals surface area (Å²) in [5.41, 5.74) is 2.04. The van der Waals surface area contributed by atoms with Crippen LogP contribution in [0.4, 0.5) is 17.1 Å². The van der Waals surface area contributed by atoms with E-state index in [-0.39, 0.29) is 16.6 Å². The van der Waals surface area contributed by atoms with Crippen molar-refractivity contribution in [1.29, 1.82) is 0 Å². The SMILES string of the molecule is CCN1CCN(c2ccc(NC(=S)NC(=O)c3ccc(-c4cccc([N+](=O)[O-])c4)o3)cc2Cl)CC1. The Morgan fingerprint density at radius 1 is 1.14 bits per heavy atom. The molecule has 11 heteroatoms. The maximum Gasteiger partial charge on any atom is 0.293 e. The van der Waals surface area contributed by atoms with Crippen molar-refractivity contribution < 1.29 is 14.1 Å². The molecule has 0 atom stereocenters. The zero-order chi connectivity index (χ0) is 24.9. The fraction of sp³-hybridized carbons (Fsp3) is 0.250. The van der Waals surface area contributed by atoms with E-state index in [0.717, 1.165) is 38.4 Å². The molecule has 2 heterocycles. The Kier molecular flexibility index (Phi) is 7.64. The molecule has 1 saturated heterocycles. The third kappa shape index (κ3) is 5.97. The number of carbonyl (C=O) groups is 1. The van der Waals surface area contributed by atoms with E-state index < -0.39 is 10.8 Å². The lowest BCUT2D eigenvalue weighted by Crippen LogP contribution is -2.46. The molecule has 0 radical (unpaired) electrons. The van der Waals surface area contributed by atoms with E-state index in [2.05, 4.69) is 27.4 Å². The second-order valence-electron chi connectivity index (χ2n) is 7.97. The summed E-state index contributed by atoms with van der Waals surface area (Å²) in [6.07, 6.45) is 0. The molecule has 0 saturated carbocycles. The van der Waals surface area contributed by atoms with E-state index in [1.807, 2.05) is 12.1 Å². The van der Waals surface area contributed by atoms with Gasteiger partial charge in [-0.1, -0.05) is 30.7 Å². The van der Waals surface area contributed by atoms with Gasteiger partial charge in [0, 0.05) is 49.6 Å². The molecule has 1 aliphatic heterocycles. The highest BCUT2D eigenvalue weighted by molar-refractivity contribution is 7.80. The van der Waals surface area contributed by atoms with Gasteiger partial charge in [-0.25, -0.2) is 0 Å². The van der Waals surface area contributed by atoms with Crippen LogP contribution >= 0.6 is 23.8 Å². The number of non-ortho nitro benzene ring substituents is 1. The third-order valence-corrected chi connectivity index (χ3v) is 6.27. The van der Waals surface area contributed by atoms with Gasteiger partial charge in [-0.3, -0.25) is 20.2 Å². The van der Waals surface area contributed by atoms with Crippen molar-refractivity contribution in [1.82, 2.24) is 10.2 Å². The molecule has 2 aromatic carbocycles. The Morgan fingerprint density at radius 3 is 2.60 bits per heavy atom. The minimum atomic E-state index is -0.546. The van der Waals surface area contributed by atoms with E-state index in [9.17, 15) is 14.9 Å². The Hall–Kier alpha value is -3.47. The predicted molar refractivity (Wildman–Crippen MR) is 140 cm³/mol. The number of thiocarbonyl (C=S) groups is 1. The van der Waals surface area contributed by atoms with Crippen LogP contribution in [0.3, 0.4) is 0 Å². The predicted octanol–water partition coefficient (Wildman–Crippen LogP) is 4.78. The maximum atomic E-state index is 12.6. The fourth-order valence-electron chi connectivity index (χ4n) is 3.86. The number of hydrogen-bond donors (Lipinski definition) is 2. The van der Waals surface area contributed by atoms with Crippen molar-refractivity contribution >= 4 is 51.9 Å². The number of nitro groups is 1. The molecule has 1 amide bonds. The number of nitrogens with one attached hydrogen (secondary N) is 2. The average molecular weight is 514 g/mol. The van der Waals surface area contributed by atoms with Crippen LogP contribution in [0.25, 0.3) is 11.3 Å². The summed E-state index contributed by atoms with van der Waals surface area (Å²) >= 11 is 11.8. The van der Waals surface area contributed by atoms with Crippen LogP contribution in [0.15, 0.2) is 59.0 Å². The maximum absolute atomic E-state index is 12.6. The van der Waals surface area contributed by atoms with Gasteiger partial charge in [-0.05, 0) is 49.1 Å². The molecular formula is C24H24ClN5O4S. The second-order valence-corrected chi connectivity index (χ2v) is 8.78. The number of piperazine rings is 1. The van der Waals surface area contributed by atoms with Crippen LogP contribution in [0.5, 0.6) is 0 Å². The zero-order valence-electron chi connectivity index (χ0n) is 19.0. The van der Waals surface area contributed by atoms with Crippen molar-refractivity contribution in [2.45, 2.75) is 6.92 Å². The lowest BCUT2D eigenvalue weighted by atomic mass is 10.1. The van der Waals surface area contributed by atoms with Crippen molar-refractivity contribution in [3.05, 3.63) is 75.5 Å². The van der Waals surface area contributed by atoms with Gasteiger partial charge in [-0.2, -0.15) is 0 Å². The topological polar surface area (TPSA) is 104 Å². The van der Waals surface area contributed by atoms with E-state index in [1.54, 1.807) is 24.3 Å². The van der Waals surface area contributed by atoms with E-state index in [4.69, 9.17) is 28.2 Å². The molecule has 4 rings (SSSR count). The quantitative estimate of drug-likeness (QED) is 0.276. The van der Waals surface area contributed by atoms with Gasteiger partial charge in [0.05, 0.1) is 15.6 Å². The molecule has 35 heavy (non-hydrogen) atoms. The van der Waals surface area contributed by atoms with Crippen LogP contribution < -0.4 is 15.5 Å². The Morgan fingerprint density at radius 2 is 1.91 bits per heavy atom. The van der Waals surface area contributed by atoms with Crippen LogP contribution in [-0.2, 0) is 0 Å². The Labute approximate surface area is 212 Å². The molecule has 0 aliphatic carbocycles. The van der Waals surface area contributed by atoms with Gasteiger partial charge < -0.3 is 19.5 Å². The lowest BCUT2D eigenvalue weighted by Gasteiger charge is -2.36. The van der Waals surface area contributed by atoms with Crippen molar-refractivity contribution in [2.24, 2.45) is 0 Å². The number of likely N-dealkylation sites (N-methyl/N-ethyl adjacent to an activating group) is 1. The minimum Gasteiger partial charge on any atom is -0.451 e. The molecule has 1 fully saturated rings. The van der Waals surface area contributed by atoms with Crippen LogP contribution in [0.1, 0.15) is 17.5 Å². The Bertz CT molecular complexity index is 1260. The van der Waals surface area contributed by atoms with Crippen LogP contribution in [0.2, 0.25) is 5.02 Å². The third-order valence-electron chi connectivity index (χ3n) is 5.76. The van der Waals surface area contributed by atoms with E-state index in [0.29, 0.717) is 22.0 Å². The molecule has 9 nitrogen and oxygen atoms in total. The first-order chi connectivity index (χ1) is 16.8. The number of anilines is 2. The van der Waals surface area contributed by atoms with Crippen molar-refractivity contribution in [3.8, 4) is 11.3 Å². The Balaban J connectivity index is 1.36. The standard InChI is InChI=1S/C24H24ClN5O4S/c1-2-28-10-12-29(13-11-28)20-7-6-17(15-19(20)25)26-24(35)27-23(31)22-9-8-21(34-22)16-4-3-5-18(14-16)30(32)33/h3-9,14-15H,2,10-13H2,1H3,(H2,26,27,31,35). The largest absolute Gasteiger partial charge is 0.451 e. The van der Waals surface area contributed by atoms with Gasteiger partial charge in [0.1, 0.15) is 5.76 Å². The van der Waals surface area contributed by atoms with E-state index in [1.165, 1.54) is 18.2 Å². The number of nitro benzene ring substituents is 1. The highest BCUT2D eigenvalue weighted by atomic mass is 35.5. The first kappa shape index (κ1) is 24.6. The highest BCUT2D eigenvalue weighted by Crippen LogP contribution is 2.30. The molecule has 0 unspecified atom stereocenters. The smallest absolute Gasteiger partial charge is 0.293 e. The molecule has 1 aliphatic rings. The van der Waals surface area contributed by atoms with Crippen molar-refractivity contribution in [3.63, 3.8) is 0 Å². The molecule has 0 bridgehead atoms. The summed E-state index contributed by atoms with van der Waals surface area (Å²) in [7, 11) is 0. The first-order valence-corrected chi connectivity index (χ1v) is 11.9. The van der Waals surface area contributed by atoms with Crippen molar-refractivity contribution in [2.75, 3.05) is 42.9 Å². The first-order valence-electron chi connectivity index (χ1n) is 11.1. The summed E-state index contributed by atoms with van der Waals surface area (Å²) in [6, 6.07) is 14.6.